The molecule has 6 rings (SSSR count). The van der Waals surface area contributed by atoms with Crippen LogP contribution in [0.4, 0.5) is 5.69 Å². The van der Waals surface area contributed by atoms with Crippen molar-refractivity contribution in [3.63, 3.8) is 0 Å². The van der Waals surface area contributed by atoms with Crippen LogP contribution in [0.3, 0.4) is 0 Å². The molecule has 10 heteroatoms. The Balaban J connectivity index is 1.21. The van der Waals surface area contributed by atoms with Gasteiger partial charge in [0.05, 0.1) is 23.6 Å². The van der Waals surface area contributed by atoms with Crippen molar-refractivity contribution in [3.8, 4) is 22.8 Å². The third kappa shape index (κ3) is 7.22. The first-order chi connectivity index (χ1) is 22.8. The van der Waals surface area contributed by atoms with E-state index in [9.17, 15) is 9.59 Å². The van der Waals surface area contributed by atoms with Gasteiger partial charge in [0.1, 0.15) is 11.9 Å². The molecule has 1 saturated carbocycles. The summed E-state index contributed by atoms with van der Waals surface area (Å²) in [5.74, 6) is 2.07. The Hall–Kier alpha value is -4.57. The fourth-order valence-corrected chi connectivity index (χ4v) is 7.17. The molecular formula is C37H41N5O4S. The molecule has 47 heavy (non-hydrogen) atoms. The molecule has 2 heterocycles. The summed E-state index contributed by atoms with van der Waals surface area (Å²) >= 11 is 1.27. The van der Waals surface area contributed by atoms with Gasteiger partial charge in [-0.3, -0.25) is 9.36 Å². The van der Waals surface area contributed by atoms with Gasteiger partial charge in [0.2, 0.25) is 5.91 Å². The topological polar surface area (TPSA) is 111 Å². The number of hydrogen-bond donors (Lipinski definition) is 2. The van der Waals surface area contributed by atoms with Crippen molar-refractivity contribution < 1.29 is 19.1 Å². The maximum absolute atomic E-state index is 13.4. The lowest BCUT2D eigenvalue weighted by Crippen LogP contribution is -2.36. The van der Waals surface area contributed by atoms with E-state index in [1.165, 1.54) is 11.8 Å². The van der Waals surface area contributed by atoms with Crippen LogP contribution in [0.25, 0.3) is 28.0 Å². The minimum atomic E-state index is -0.406. The number of amides is 1. The van der Waals surface area contributed by atoms with E-state index in [4.69, 9.17) is 9.47 Å². The van der Waals surface area contributed by atoms with E-state index in [-0.39, 0.29) is 17.8 Å². The first kappa shape index (κ1) is 32.4. The molecule has 244 valence electrons. The van der Waals surface area contributed by atoms with Crippen LogP contribution in [-0.4, -0.2) is 50.1 Å². The van der Waals surface area contributed by atoms with Gasteiger partial charge in [-0.15, -0.1) is 10.2 Å². The second kappa shape index (κ2) is 14.5. The number of esters is 1. The molecule has 2 aromatic heterocycles. The average molecular weight is 652 g/mol. The highest BCUT2D eigenvalue weighted by atomic mass is 32.2. The average Bonchev–Trinajstić information content (AvgIpc) is 3.68. The molecule has 3 aromatic carbocycles. The number of hydrogen-bond acceptors (Lipinski definition) is 7. The summed E-state index contributed by atoms with van der Waals surface area (Å²) in [6.45, 7) is 9.11. The van der Waals surface area contributed by atoms with E-state index in [1.807, 2.05) is 66.2 Å². The van der Waals surface area contributed by atoms with Gasteiger partial charge in [0.15, 0.2) is 11.0 Å². The molecule has 3 unspecified atom stereocenters. The summed E-state index contributed by atoms with van der Waals surface area (Å²) in [5.41, 5.74) is 3.52. The van der Waals surface area contributed by atoms with Crippen molar-refractivity contribution in [3.05, 3.63) is 84.6 Å². The molecule has 2 N–H and O–H groups in total. The number of anilines is 1. The highest BCUT2D eigenvalue weighted by Gasteiger charge is 2.34. The number of ether oxygens (including phenoxy) is 2. The Bertz CT molecular complexity index is 1850. The van der Waals surface area contributed by atoms with Crippen LogP contribution < -0.4 is 10.1 Å². The number of para-hydroxylation sites is 2. The minimum Gasteiger partial charge on any atom is -0.494 e. The van der Waals surface area contributed by atoms with Gasteiger partial charge in [-0.25, -0.2) is 4.79 Å². The van der Waals surface area contributed by atoms with Crippen molar-refractivity contribution in [1.29, 1.82) is 0 Å². The van der Waals surface area contributed by atoms with Gasteiger partial charge >= 0.3 is 5.97 Å². The quantitative estimate of drug-likeness (QED) is 0.109. The van der Waals surface area contributed by atoms with E-state index >= 15 is 0 Å². The van der Waals surface area contributed by atoms with Gasteiger partial charge < -0.3 is 19.8 Å². The summed E-state index contributed by atoms with van der Waals surface area (Å²) in [7, 11) is 0. The first-order valence-electron chi connectivity index (χ1n) is 16.3. The van der Waals surface area contributed by atoms with Crippen LogP contribution in [-0.2, 0) is 9.53 Å². The highest BCUT2D eigenvalue weighted by molar-refractivity contribution is 7.99. The lowest BCUT2D eigenvalue weighted by molar-refractivity contribution is -0.113. The number of rotatable bonds is 11. The van der Waals surface area contributed by atoms with Crippen LogP contribution in [0, 0.1) is 17.8 Å². The Labute approximate surface area is 279 Å². The third-order valence-electron chi connectivity index (χ3n) is 8.84. The number of carbonyl (C=O) groups is 2. The molecule has 1 aliphatic carbocycles. The summed E-state index contributed by atoms with van der Waals surface area (Å²) in [4.78, 5) is 30.1. The maximum atomic E-state index is 13.4. The lowest BCUT2D eigenvalue weighted by Gasteiger charge is -2.36. The second-order valence-corrected chi connectivity index (χ2v) is 13.4. The van der Waals surface area contributed by atoms with Crippen molar-refractivity contribution in [2.24, 2.45) is 17.8 Å². The number of benzene rings is 3. The molecule has 5 aromatic rings. The largest absolute Gasteiger partial charge is 0.494 e. The van der Waals surface area contributed by atoms with Crippen LogP contribution in [0.2, 0.25) is 0 Å². The number of fused-ring (bicyclic) bond motifs is 1. The first-order valence-corrected chi connectivity index (χ1v) is 17.3. The molecule has 0 spiro atoms. The standard InChI is InChI=1S/C37H41N5O4S/c1-5-45-26-17-15-25(16-18-26)42-35(30-21-38-31-12-8-6-10-28(30)31)40-41-37(42)47-22-34(43)39-32-13-9-7-11-29(32)36(44)46-33-20-24(4)14-19-27(33)23(2)3/h6-13,15-18,21,23-24,27,33,38H,5,14,19-20,22H2,1-4H3,(H,39,43). The summed E-state index contributed by atoms with van der Waals surface area (Å²) in [6, 6.07) is 22.8. The van der Waals surface area contributed by atoms with E-state index in [1.54, 1.807) is 24.3 Å². The summed E-state index contributed by atoms with van der Waals surface area (Å²) < 4.78 is 13.7. The van der Waals surface area contributed by atoms with Crippen LogP contribution in [0.15, 0.2) is 84.1 Å². The monoisotopic (exact) mass is 651 g/mol. The number of aromatic amines is 1. The molecule has 3 atom stereocenters. The minimum absolute atomic E-state index is 0.0575. The molecular weight excluding hydrogens is 611 g/mol. The second-order valence-electron chi connectivity index (χ2n) is 12.5. The van der Waals surface area contributed by atoms with Crippen LogP contribution in [0.1, 0.15) is 57.3 Å². The SMILES string of the molecule is CCOc1ccc(-n2c(SCC(=O)Nc3ccccc3C(=O)OC3CC(C)CCC3C(C)C)nnc2-c2c[nH]c3ccccc23)cc1. The summed E-state index contributed by atoms with van der Waals surface area (Å²) in [5, 5.41) is 13.6. The third-order valence-corrected chi connectivity index (χ3v) is 9.77. The number of H-pyrrole nitrogens is 1. The van der Waals surface area contributed by atoms with Gasteiger partial charge in [0.25, 0.3) is 0 Å². The van der Waals surface area contributed by atoms with Crippen molar-refractivity contribution in [1.82, 2.24) is 19.7 Å². The molecule has 0 aliphatic heterocycles. The molecule has 9 nitrogen and oxygen atoms in total. The molecule has 0 saturated heterocycles. The fraction of sp³-hybridized carbons (Fsp3) is 0.351. The van der Waals surface area contributed by atoms with E-state index in [0.29, 0.717) is 46.6 Å². The van der Waals surface area contributed by atoms with Gasteiger partial charge in [-0.2, -0.15) is 0 Å². The number of carbonyl (C=O) groups excluding carboxylic acids is 2. The van der Waals surface area contributed by atoms with Gasteiger partial charge in [-0.1, -0.05) is 69.3 Å². The Morgan fingerprint density at radius 2 is 1.79 bits per heavy atom. The zero-order chi connectivity index (χ0) is 32.9. The Kier molecular flexibility index (Phi) is 9.96. The van der Waals surface area contributed by atoms with Crippen molar-refractivity contribution in [2.75, 3.05) is 17.7 Å². The Morgan fingerprint density at radius 3 is 2.57 bits per heavy atom. The molecule has 0 bridgehead atoms. The number of aromatic nitrogens is 4. The normalized spacial score (nSPS) is 17.9. The predicted octanol–water partition coefficient (Wildman–Crippen LogP) is 8.16. The van der Waals surface area contributed by atoms with E-state index < -0.39 is 5.97 Å². The molecule has 0 radical (unpaired) electrons. The van der Waals surface area contributed by atoms with Crippen molar-refractivity contribution in [2.45, 2.75) is 58.2 Å². The molecule has 1 aliphatic rings. The van der Waals surface area contributed by atoms with Crippen LogP contribution in [0.5, 0.6) is 5.75 Å². The lowest BCUT2D eigenvalue weighted by atomic mass is 9.75. The fourth-order valence-electron chi connectivity index (χ4n) is 6.42. The molecule has 1 fully saturated rings. The zero-order valence-electron chi connectivity index (χ0n) is 27.2. The van der Waals surface area contributed by atoms with Gasteiger partial charge in [0, 0.05) is 28.4 Å². The molecule has 1 amide bonds. The highest BCUT2D eigenvalue weighted by Crippen LogP contribution is 2.36. The number of nitrogens with zero attached hydrogens (tertiary/aromatic N) is 3. The maximum Gasteiger partial charge on any atom is 0.340 e. The van der Waals surface area contributed by atoms with E-state index in [0.717, 1.165) is 47.2 Å². The number of nitrogens with one attached hydrogen (secondary N) is 2. The smallest absolute Gasteiger partial charge is 0.340 e. The zero-order valence-corrected chi connectivity index (χ0v) is 28.0. The predicted molar refractivity (Wildman–Crippen MR) is 186 cm³/mol. The Morgan fingerprint density at radius 1 is 1.02 bits per heavy atom. The number of thioether (sulfide) groups is 1. The van der Waals surface area contributed by atoms with Crippen LogP contribution >= 0.6 is 11.8 Å². The summed E-state index contributed by atoms with van der Waals surface area (Å²) in [6.07, 6.45) is 4.85. The van der Waals surface area contributed by atoms with Crippen molar-refractivity contribution >= 4 is 40.2 Å². The van der Waals surface area contributed by atoms with E-state index in [2.05, 4.69) is 41.3 Å². The van der Waals surface area contributed by atoms with Gasteiger partial charge in [-0.05, 0) is 80.0 Å².